The molecule has 2 saturated carbocycles. The predicted octanol–water partition coefficient (Wildman–Crippen LogP) is 4.05. The second-order valence-corrected chi connectivity index (χ2v) is 8.38. The maximum atomic E-state index is 4.12. The van der Waals surface area contributed by atoms with Gasteiger partial charge in [0, 0.05) is 31.2 Å². The molecule has 1 aliphatic heterocycles. The lowest BCUT2D eigenvalue weighted by Gasteiger charge is -2.50. The number of hydrogen-bond acceptors (Lipinski definition) is 2. The van der Waals surface area contributed by atoms with Crippen LogP contribution in [0.15, 0.2) is 0 Å². The summed E-state index contributed by atoms with van der Waals surface area (Å²) in [6.45, 7) is 9.88. The zero-order chi connectivity index (χ0) is 14.8. The van der Waals surface area contributed by atoms with Crippen molar-refractivity contribution in [3.05, 3.63) is 0 Å². The van der Waals surface area contributed by atoms with E-state index in [0.29, 0.717) is 0 Å². The van der Waals surface area contributed by atoms with E-state index in [9.17, 15) is 0 Å². The summed E-state index contributed by atoms with van der Waals surface area (Å²) < 4.78 is 0. The smallest absolute Gasteiger partial charge is 0.0151 e. The van der Waals surface area contributed by atoms with E-state index in [-0.39, 0.29) is 0 Å². The number of nitrogens with zero attached hydrogens (tertiary/aromatic N) is 1. The van der Waals surface area contributed by atoms with Crippen molar-refractivity contribution >= 4 is 0 Å². The van der Waals surface area contributed by atoms with E-state index in [2.05, 4.69) is 31.0 Å². The van der Waals surface area contributed by atoms with Crippen molar-refractivity contribution in [2.45, 2.75) is 90.3 Å². The lowest BCUT2D eigenvalue weighted by molar-refractivity contribution is 0.0214. The molecule has 0 amide bonds. The van der Waals surface area contributed by atoms with E-state index in [1.54, 1.807) is 0 Å². The molecule has 3 atom stereocenters. The SMILES string of the molecule is CC(C)N1CC2CCCC(C1)C2N[C@@H](C)C1CCCCC1. The Labute approximate surface area is 132 Å². The van der Waals surface area contributed by atoms with Crippen molar-refractivity contribution < 1.29 is 0 Å². The van der Waals surface area contributed by atoms with Crippen LogP contribution in [-0.2, 0) is 0 Å². The molecule has 1 N–H and O–H groups in total. The largest absolute Gasteiger partial charge is 0.311 e. The van der Waals surface area contributed by atoms with Gasteiger partial charge < -0.3 is 10.2 Å². The summed E-state index contributed by atoms with van der Waals surface area (Å²) in [5, 5.41) is 4.12. The lowest BCUT2D eigenvalue weighted by Crippen LogP contribution is -2.60. The van der Waals surface area contributed by atoms with Gasteiger partial charge in [-0.2, -0.15) is 0 Å². The van der Waals surface area contributed by atoms with Gasteiger partial charge in [-0.1, -0.05) is 25.7 Å². The average Bonchev–Trinajstić information content (AvgIpc) is 2.47. The van der Waals surface area contributed by atoms with Gasteiger partial charge in [0.1, 0.15) is 0 Å². The monoisotopic (exact) mass is 292 g/mol. The topological polar surface area (TPSA) is 15.3 Å². The van der Waals surface area contributed by atoms with Gasteiger partial charge in [-0.25, -0.2) is 0 Å². The number of hydrogen-bond donors (Lipinski definition) is 1. The molecule has 0 aromatic heterocycles. The van der Waals surface area contributed by atoms with Gasteiger partial charge in [0.2, 0.25) is 0 Å². The molecule has 2 unspecified atom stereocenters. The number of nitrogens with one attached hydrogen (secondary N) is 1. The summed E-state index contributed by atoms with van der Waals surface area (Å²) in [6.07, 6.45) is 11.7. The Bertz CT molecular complexity index is 308. The van der Waals surface area contributed by atoms with Crippen LogP contribution in [0.5, 0.6) is 0 Å². The minimum Gasteiger partial charge on any atom is -0.311 e. The van der Waals surface area contributed by atoms with Crippen molar-refractivity contribution in [2.75, 3.05) is 13.1 Å². The summed E-state index contributed by atoms with van der Waals surface area (Å²) in [7, 11) is 0. The fraction of sp³-hybridized carbons (Fsp3) is 1.00. The Balaban J connectivity index is 1.59. The van der Waals surface area contributed by atoms with Gasteiger partial charge in [0.25, 0.3) is 0 Å². The molecular formula is C19H36N2. The summed E-state index contributed by atoms with van der Waals surface area (Å²) in [4.78, 5) is 2.73. The van der Waals surface area contributed by atoms with Crippen LogP contribution in [0, 0.1) is 17.8 Å². The highest BCUT2D eigenvalue weighted by Crippen LogP contribution is 2.37. The van der Waals surface area contributed by atoms with Crippen molar-refractivity contribution in [1.82, 2.24) is 10.2 Å². The second kappa shape index (κ2) is 7.00. The second-order valence-electron chi connectivity index (χ2n) is 8.38. The first-order chi connectivity index (χ1) is 10.1. The van der Waals surface area contributed by atoms with E-state index in [0.717, 1.165) is 35.9 Å². The lowest BCUT2D eigenvalue weighted by atomic mass is 9.72. The van der Waals surface area contributed by atoms with Crippen LogP contribution in [-0.4, -0.2) is 36.1 Å². The molecule has 2 heteroatoms. The zero-order valence-electron chi connectivity index (χ0n) is 14.5. The first kappa shape index (κ1) is 15.8. The molecule has 1 saturated heterocycles. The molecule has 3 rings (SSSR count). The fourth-order valence-corrected chi connectivity index (χ4v) is 5.24. The van der Waals surface area contributed by atoms with E-state index in [1.165, 1.54) is 64.5 Å². The van der Waals surface area contributed by atoms with Gasteiger partial charge in [0.05, 0.1) is 0 Å². The quantitative estimate of drug-likeness (QED) is 0.841. The van der Waals surface area contributed by atoms with Gasteiger partial charge in [-0.15, -0.1) is 0 Å². The van der Waals surface area contributed by atoms with Crippen LogP contribution < -0.4 is 5.32 Å². The highest BCUT2D eigenvalue weighted by Gasteiger charge is 2.40. The Morgan fingerprint density at radius 2 is 1.43 bits per heavy atom. The average molecular weight is 293 g/mol. The third-order valence-corrected chi connectivity index (χ3v) is 6.65. The van der Waals surface area contributed by atoms with Gasteiger partial charge in [-0.3, -0.25) is 0 Å². The highest BCUT2D eigenvalue weighted by atomic mass is 15.2. The molecule has 2 aliphatic carbocycles. The van der Waals surface area contributed by atoms with E-state index in [4.69, 9.17) is 0 Å². The number of piperidine rings is 1. The molecule has 2 bridgehead atoms. The minimum absolute atomic E-state index is 0.727. The summed E-state index contributed by atoms with van der Waals surface area (Å²) in [5.41, 5.74) is 0. The minimum atomic E-state index is 0.727. The summed E-state index contributed by atoms with van der Waals surface area (Å²) >= 11 is 0. The summed E-state index contributed by atoms with van der Waals surface area (Å²) in [6, 6.07) is 2.28. The van der Waals surface area contributed by atoms with Crippen molar-refractivity contribution in [2.24, 2.45) is 17.8 Å². The van der Waals surface area contributed by atoms with Gasteiger partial charge in [-0.05, 0) is 64.2 Å². The number of fused-ring (bicyclic) bond motifs is 2. The normalized spacial score (nSPS) is 36.9. The first-order valence-corrected chi connectivity index (χ1v) is 9.65. The molecular weight excluding hydrogens is 256 g/mol. The Kier molecular flexibility index (Phi) is 5.27. The molecule has 0 aromatic rings. The third kappa shape index (κ3) is 3.64. The summed E-state index contributed by atoms with van der Waals surface area (Å²) in [5.74, 6) is 2.76. The van der Waals surface area contributed by atoms with Crippen LogP contribution in [0.3, 0.4) is 0 Å². The van der Waals surface area contributed by atoms with Crippen LogP contribution in [0.2, 0.25) is 0 Å². The molecule has 0 radical (unpaired) electrons. The molecule has 3 fully saturated rings. The molecule has 0 spiro atoms. The Morgan fingerprint density at radius 1 is 0.810 bits per heavy atom. The Hall–Kier alpha value is -0.0800. The Morgan fingerprint density at radius 3 is 2.00 bits per heavy atom. The van der Waals surface area contributed by atoms with Gasteiger partial charge >= 0.3 is 0 Å². The standard InChI is InChI=1S/C19H36N2/c1-14(2)21-12-17-10-7-11-18(13-21)19(17)20-15(3)16-8-5-4-6-9-16/h14-20H,4-13H2,1-3H3/t15-,17?,18?,19?/m0/s1. The fourth-order valence-electron chi connectivity index (χ4n) is 5.24. The number of rotatable bonds is 4. The van der Waals surface area contributed by atoms with Crippen LogP contribution >= 0.6 is 0 Å². The molecule has 122 valence electrons. The maximum Gasteiger partial charge on any atom is 0.0151 e. The molecule has 1 heterocycles. The predicted molar refractivity (Wildman–Crippen MR) is 90.5 cm³/mol. The molecule has 0 aromatic carbocycles. The first-order valence-electron chi connectivity index (χ1n) is 9.65. The van der Waals surface area contributed by atoms with Crippen molar-refractivity contribution in [3.8, 4) is 0 Å². The van der Waals surface area contributed by atoms with Crippen molar-refractivity contribution in [3.63, 3.8) is 0 Å². The molecule has 2 nitrogen and oxygen atoms in total. The highest BCUT2D eigenvalue weighted by molar-refractivity contribution is 4.97. The maximum absolute atomic E-state index is 4.12. The third-order valence-electron chi connectivity index (χ3n) is 6.65. The zero-order valence-corrected chi connectivity index (χ0v) is 14.5. The number of likely N-dealkylation sites (tertiary alicyclic amines) is 1. The van der Waals surface area contributed by atoms with Gasteiger partial charge in [0.15, 0.2) is 0 Å². The van der Waals surface area contributed by atoms with Crippen LogP contribution in [0.1, 0.15) is 72.1 Å². The van der Waals surface area contributed by atoms with Crippen LogP contribution in [0.4, 0.5) is 0 Å². The van der Waals surface area contributed by atoms with Crippen LogP contribution in [0.25, 0.3) is 0 Å². The molecule has 3 aliphatic rings. The van der Waals surface area contributed by atoms with E-state index in [1.807, 2.05) is 0 Å². The van der Waals surface area contributed by atoms with E-state index >= 15 is 0 Å². The molecule has 21 heavy (non-hydrogen) atoms. The van der Waals surface area contributed by atoms with E-state index < -0.39 is 0 Å². The van der Waals surface area contributed by atoms with Crippen molar-refractivity contribution in [1.29, 1.82) is 0 Å².